The first-order chi connectivity index (χ1) is 8.93. The third-order valence-corrected chi connectivity index (χ3v) is 2.71. The minimum atomic E-state index is -0.0435. The molecule has 1 aromatic rings. The molecule has 0 fully saturated rings. The Labute approximate surface area is 114 Å². The maximum Gasteiger partial charge on any atom is 0.224 e. The molecule has 1 unspecified atom stereocenters. The number of nitrogens with zero attached hydrogens (tertiary/aromatic N) is 1. The van der Waals surface area contributed by atoms with Crippen LogP contribution < -0.4 is 10.7 Å². The van der Waals surface area contributed by atoms with Gasteiger partial charge in [0, 0.05) is 37.8 Å². The van der Waals surface area contributed by atoms with Crippen molar-refractivity contribution < 1.29 is 9.90 Å². The second-order valence-corrected chi connectivity index (χ2v) is 4.82. The molecule has 0 aliphatic heterocycles. The van der Waals surface area contributed by atoms with Crippen LogP contribution in [0.25, 0.3) is 0 Å². The van der Waals surface area contributed by atoms with Crippen LogP contribution in [-0.4, -0.2) is 30.1 Å². The van der Waals surface area contributed by atoms with Crippen molar-refractivity contribution in [3.63, 3.8) is 0 Å². The van der Waals surface area contributed by atoms with Crippen molar-refractivity contribution in [1.29, 1.82) is 0 Å². The van der Waals surface area contributed by atoms with E-state index in [1.807, 2.05) is 33.0 Å². The minimum Gasteiger partial charge on any atom is -0.508 e. The zero-order valence-electron chi connectivity index (χ0n) is 12.0. The Balaban J connectivity index is 2.84. The van der Waals surface area contributed by atoms with Crippen molar-refractivity contribution in [3.8, 4) is 5.75 Å². The topological polar surface area (TPSA) is 64.6 Å². The van der Waals surface area contributed by atoms with Gasteiger partial charge >= 0.3 is 0 Å². The Morgan fingerprint density at radius 2 is 2.11 bits per heavy atom. The van der Waals surface area contributed by atoms with Crippen LogP contribution in [0.2, 0.25) is 0 Å². The Morgan fingerprint density at radius 3 is 2.68 bits per heavy atom. The average Bonchev–Trinajstić information content (AvgIpc) is 2.31. The largest absolute Gasteiger partial charge is 0.508 e. The summed E-state index contributed by atoms with van der Waals surface area (Å²) in [6.07, 6.45) is 1.32. The average molecular weight is 265 g/mol. The van der Waals surface area contributed by atoms with E-state index in [1.54, 1.807) is 18.2 Å². The number of anilines is 1. The number of carbonyl (C=O) groups excluding carboxylic acids is 1. The van der Waals surface area contributed by atoms with Gasteiger partial charge in [-0.05, 0) is 31.5 Å². The molecule has 1 atom stereocenters. The monoisotopic (exact) mass is 265 g/mol. The summed E-state index contributed by atoms with van der Waals surface area (Å²) >= 11 is 0. The molecule has 0 spiro atoms. The summed E-state index contributed by atoms with van der Waals surface area (Å²) in [4.78, 5) is 11.6. The van der Waals surface area contributed by atoms with Crippen molar-refractivity contribution >= 4 is 11.6 Å². The highest BCUT2D eigenvalue weighted by atomic mass is 16.3. The van der Waals surface area contributed by atoms with Gasteiger partial charge in [-0.15, -0.1) is 0 Å². The number of hydrogen-bond acceptors (Lipinski definition) is 4. The Hall–Kier alpha value is -1.59. The predicted molar refractivity (Wildman–Crippen MR) is 76.9 cm³/mol. The molecule has 0 aliphatic rings. The van der Waals surface area contributed by atoms with Crippen molar-refractivity contribution in [2.24, 2.45) is 0 Å². The molecule has 0 saturated heterocycles. The van der Waals surface area contributed by atoms with Crippen LogP contribution in [0.3, 0.4) is 0 Å². The molecule has 0 heterocycles. The molecule has 0 bridgehead atoms. The van der Waals surface area contributed by atoms with E-state index >= 15 is 0 Å². The number of rotatable bonds is 6. The third kappa shape index (κ3) is 4.89. The van der Waals surface area contributed by atoms with E-state index in [0.29, 0.717) is 12.1 Å². The lowest BCUT2D eigenvalue weighted by Gasteiger charge is -2.21. The van der Waals surface area contributed by atoms with Crippen molar-refractivity contribution in [2.45, 2.75) is 32.7 Å². The number of amides is 1. The summed E-state index contributed by atoms with van der Waals surface area (Å²) in [7, 11) is 3.78. The molecule has 5 heteroatoms. The number of phenols is 1. The highest BCUT2D eigenvalue weighted by Gasteiger charge is 2.12. The van der Waals surface area contributed by atoms with Crippen LogP contribution in [0.1, 0.15) is 38.3 Å². The lowest BCUT2D eigenvalue weighted by Crippen LogP contribution is -2.32. The third-order valence-electron chi connectivity index (χ3n) is 2.71. The Bertz CT molecular complexity index is 433. The van der Waals surface area contributed by atoms with Gasteiger partial charge in [-0.2, -0.15) is 0 Å². The quantitative estimate of drug-likeness (QED) is 0.545. The van der Waals surface area contributed by atoms with E-state index in [4.69, 9.17) is 0 Å². The van der Waals surface area contributed by atoms with Gasteiger partial charge in [-0.1, -0.05) is 6.92 Å². The molecular weight excluding hydrogens is 242 g/mol. The molecule has 3 N–H and O–H groups in total. The first kappa shape index (κ1) is 15.5. The number of hydrazine groups is 1. The summed E-state index contributed by atoms with van der Waals surface area (Å²) < 4.78 is 0. The molecule has 5 nitrogen and oxygen atoms in total. The second kappa shape index (κ2) is 7.11. The molecule has 1 amide bonds. The van der Waals surface area contributed by atoms with Gasteiger partial charge in [-0.25, -0.2) is 5.43 Å². The number of carbonyl (C=O) groups is 1. The smallest absolute Gasteiger partial charge is 0.224 e. The summed E-state index contributed by atoms with van der Waals surface area (Å²) in [6.45, 7) is 3.91. The summed E-state index contributed by atoms with van der Waals surface area (Å²) in [5, 5.41) is 14.5. The van der Waals surface area contributed by atoms with Gasteiger partial charge in [0.05, 0.1) is 0 Å². The van der Waals surface area contributed by atoms with E-state index in [-0.39, 0.29) is 17.7 Å². The molecule has 1 rings (SSSR count). The molecule has 19 heavy (non-hydrogen) atoms. The van der Waals surface area contributed by atoms with Crippen LogP contribution in [-0.2, 0) is 4.79 Å². The summed E-state index contributed by atoms with van der Waals surface area (Å²) in [5.74, 6) is 0.211. The van der Waals surface area contributed by atoms with Gasteiger partial charge < -0.3 is 10.4 Å². The normalized spacial score (nSPS) is 12.5. The fourth-order valence-corrected chi connectivity index (χ4v) is 1.89. The lowest BCUT2D eigenvalue weighted by molar-refractivity contribution is -0.116. The highest BCUT2D eigenvalue weighted by molar-refractivity contribution is 5.90. The van der Waals surface area contributed by atoms with E-state index in [2.05, 4.69) is 10.7 Å². The van der Waals surface area contributed by atoms with E-state index in [0.717, 1.165) is 12.0 Å². The van der Waals surface area contributed by atoms with Crippen molar-refractivity contribution in [2.75, 3.05) is 19.4 Å². The maximum absolute atomic E-state index is 11.6. The van der Waals surface area contributed by atoms with Gasteiger partial charge in [0.15, 0.2) is 0 Å². The number of nitrogens with one attached hydrogen (secondary N) is 2. The van der Waals surface area contributed by atoms with Crippen LogP contribution in [0.5, 0.6) is 5.75 Å². The number of hydrogen-bond donors (Lipinski definition) is 3. The number of benzene rings is 1. The first-order valence-electron chi connectivity index (χ1n) is 6.50. The second-order valence-electron chi connectivity index (χ2n) is 4.82. The van der Waals surface area contributed by atoms with Crippen LogP contribution in [0.4, 0.5) is 5.69 Å². The summed E-state index contributed by atoms with van der Waals surface area (Å²) in [6, 6.07) is 5.06. The predicted octanol–water partition coefficient (Wildman–Crippen LogP) is 2.26. The fraction of sp³-hybridized carbons (Fsp3) is 0.500. The van der Waals surface area contributed by atoms with Crippen LogP contribution in [0.15, 0.2) is 18.2 Å². The van der Waals surface area contributed by atoms with Crippen LogP contribution >= 0.6 is 0 Å². The first-order valence-corrected chi connectivity index (χ1v) is 6.50. The van der Waals surface area contributed by atoms with Crippen LogP contribution in [0, 0.1) is 0 Å². The molecular formula is C14H23N3O2. The summed E-state index contributed by atoms with van der Waals surface area (Å²) in [5.41, 5.74) is 4.63. The minimum absolute atomic E-state index is 0.00707. The Morgan fingerprint density at radius 1 is 1.42 bits per heavy atom. The fourth-order valence-electron chi connectivity index (χ4n) is 1.89. The van der Waals surface area contributed by atoms with E-state index in [9.17, 15) is 9.90 Å². The molecule has 0 aliphatic carbocycles. The number of phenolic OH excluding ortho intramolecular Hbond substituents is 1. The molecule has 0 aromatic heterocycles. The van der Waals surface area contributed by atoms with E-state index < -0.39 is 0 Å². The Kier molecular flexibility index (Phi) is 5.79. The van der Waals surface area contributed by atoms with Gasteiger partial charge in [0.1, 0.15) is 5.75 Å². The van der Waals surface area contributed by atoms with Gasteiger partial charge in [-0.3, -0.25) is 9.80 Å². The number of aromatic hydroxyl groups is 1. The zero-order valence-corrected chi connectivity index (χ0v) is 12.0. The van der Waals surface area contributed by atoms with Gasteiger partial charge in [0.25, 0.3) is 0 Å². The molecule has 106 valence electrons. The van der Waals surface area contributed by atoms with Gasteiger partial charge in [0.2, 0.25) is 5.91 Å². The van der Waals surface area contributed by atoms with Crippen molar-refractivity contribution in [1.82, 2.24) is 10.4 Å². The standard InChI is InChI=1S/C14H23N3O2/c1-5-6-14(19)15-11-7-8-13(18)12(9-11)10(2)16-17(3)4/h7-10,16,18H,5-6H2,1-4H3,(H,15,19). The highest BCUT2D eigenvalue weighted by Crippen LogP contribution is 2.27. The lowest BCUT2D eigenvalue weighted by atomic mass is 10.1. The maximum atomic E-state index is 11.6. The van der Waals surface area contributed by atoms with Crippen molar-refractivity contribution in [3.05, 3.63) is 23.8 Å². The molecule has 0 radical (unpaired) electrons. The zero-order chi connectivity index (χ0) is 14.4. The molecule has 0 saturated carbocycles. The SMILES string of the molecule is CCCC(=O)Nc1ccc(O)c(C(C)NN(C)C)c1. The molecule has 1 aromatic carbocycles. The van der Waals surface area contributed by atoms with E-state index in [1.165, 1.54) is 0 Å².